The first-order chi connectivity index (χ1) is 16.2. The molecule has 6 heteroatoms. The fourth-order valence-electron chi connectivity index (χ4n) is 3.71. The average Bonchev–Trinajstić information content (AvgIpc) is 2.83. The number of para-hydroxylation sites is 1. The van der Waals surface area contributed by atoms with Crippen LogP contribution in [-0.4, -0.2) is 32.7 Å². The Morgan fingerprint density at radius 2 is 1.41 bits per heavy atom. The van der Waals surface area contributed by atoms with Gasteiger partial charge in [0.2, 0.25) is 15.9 Å². The smallest absolute Gasteiger partial charge is 0.223 e. The molecule has 0 fully saturated rings. The van der Waals surface area contributed by atoms with Crippen LogP contribution in [0.4, 0.5) is 5.69 Å². The first kappa shape index (κ1) is 25.7. The van der Waals surface area contributed by atoms with Gasteiger partial charge in [-0.15, -0.1) is 0 Å². The molecule has 34 heavy (non-hydrogen) atoms. The molecule has 0 radical (unpaired) electrons. The van der Waals surface area contributed by atoms with Crippen LogP contribution in [0, 0.1) is 0 Å². The van der Waals surface area contributed by atoms with Gasteiger partial charge in [0.15, 0.2) is 0 Å². The Hall–Kier alpha value is -2.96. The van der Waals surface area contributed by atoms with Crippen LogP contribution in [0.15, 0.2) is 78.9 Å². The molecule has 0 aliphatic heterocycles. The molecule has 1 amide bonds. The molecule has 180 valence electrons. The Balaban J connectivity index is 1.60. The van der Waals surface area contributed by atoms with Crippen LogP contribution in [0.3, 0.4) is 0 Å². The van der Waals surface area contributed by atoms with Crippen molar-refractivity contribution in [2.75, 3.05) is 18.0 Å². The van der Waals surface area contributed by atoms with Crippen molar-refractivity contribution in [2.24, 2.45) is 0 Å². The van der Waals surface area contributed by atoms with E-state index in [1.54, 1.807) is 25.7 Å². The van der Waals surface area contributed by atoms with Gasteiger partial charge < -0.3 is 4.90 Å². The Morgan fingerprint density at radius 1 is 0.853 bits per heavy atom. The van der Waals surface area contributed by atoms with Gasteiger partial charge in [-0.05, 0) is 60.6 Å². The summed E-state index contributed by atoms with van der Waals surface area (Å²) in [6.45, 7) is 7.98. The molecule has 3 rings (SSSR count). The number of benzene rings is 3. The topological polar surface area (TPSA) is 66.5 Å². The van der Waals surface area contributed by atoms with Crippen molar-refractivity contribution < 1.29 is 13.2 Å². The number of hydrogen-bond donors (Lipinski definition) is 1. The van der Waals surface area contributed by atoms with E-state index in [1.165, 1.54) is 5.56 Å². The highest BCUT2D eigenvalue weighted by atomic mass is 32.2. The Kier molecular flexibility index (Phi) is 8.64. The van der Waals surface area contributed by atoms with Gasteiger partial charge in [0.1, 0.15) is 0 Å². The third-order valence-corrected chi connectivity index (χ3v) is 7.86. The molecular formula is C28H34N2O3S. The number of nitrogens with one attached hydrogen (secondary N) is 1. The minimum atomic E-state index is -3.26. The van der Waals surface area contributed by atoms with Crippen molar-refractivity contribution in [1.82, 2.24) is 4.72 Å². The number of rotatable bonds is 10. The van der Waals surface area contributed by atoms with E-state index in [2.05, 4.69) is 53.3 Å². The van der Waals surface area contributed by atoms with Crippen LogP contribution in [0.1, 0.15) is 44.7 Å². The first-order valence-corrected chi connectivity index (χ1v) is 13.2. The minimum absolute atomic E-state index is 0.0362. The number of anilines is 1. The van der Waals surface area contributed by atoms with Gasteiger partial charge in [-0.3, -0.25) is 4.79 Å². The second kappa shape index (κ2) is 11.4. The van der Waals surface area contributed by atoms with Crippen molar-refractivity contribution in [3.05, 3.63) is 90.0 Å². The summed E-state index contributed by atoms with van der Waals surface area (Å²) in [4.78, 5) is 13.9. The number of sulfonamides is 1. The maximum atomic E-state index is 12.1. The summed E-state index contributed by atoms with van der Waals surface area (Å²) < 4.78 is 26.7. The normalized spacial score (nSPS) is 12.5. The van der Waals surface area contributed by atoms with Crippen LogP contribution in [0.5, 0.6) is 0 Å². The summed E-state index contributed by atoms with van der Waals surface area (Å²) in [5.74, 6) is 0.118. The van der Waals surface area contributed by atoms with Crippen molar-refractivity contribution in [1.29, 1.82) is 0 Å². The summed E-state index contributed by atoms with van der Waals surface area (Å²) in [5, 5.41) is -0.436. The maximum absolute atomic E-state index is 12.1. The van der Waals surface area contributed by atoms with E-state index in [0.717, 1.165) is 28.8 Å². The largest absolute Gasteiger partial charge is 0.312 e. The second-order valence-electron chi connectivity index (χ2n) is 8.92. The third-order valence-electron chi connectivity index (χ3n) is 6.05. The third kappa shape index (κ3) is 6.78. The van der Waals surface area contributed by atoms with Gasteiger partial charge in [0.25, 0.3) is 0 Å². The van der Waals surface area contributed by atoms with Crippen molar-refractivity contribution in [3.8, 4) is 11.1 Å². The van der Waals surface area contributed by atoms with Crippen LogP contribution < -0.4 is 9.62 Å². The van der Waals surface area contributed by atoms with Crippen molar-refractivity contribution in [2.45, 2.75) is 45.3 Å². The summed E-state index contributed by atoms with van der Waals surface area (Å²) in [6, 6.07) is 26.4. The summed E-state index contributed by atoms with van der Waals surface area (Å²) >= 11 is 0. The Bertz CT molecular complexity index is 1170. The number of amides is 1. The van der Waals surface area contributed by atoms with Crippen LogP contribution >= 0.6 is 0 Å². The standard InChI is InChI=1S/C28H34N2O3S/c1-21(2)34(32,33)29-20-22(3)25-14-16-27(17-15-25)26-12-10-24(11-13-26)18-19-30(23(4)31)28-8-6-5-7-9-28/h5-17,21-22,29H,18-20H2,1-4H3. The average molecular weight is 479 g/mol. The highest BCUT2D eigenvalue weighted by Gasteiger charge is 2.17. The summed E-state index contributed by atoms with van der Waals surface area (Å²) in [6.07, 6.45) is 0.775. The lowest BCUT2D eigenvalue weighted by Gasteiger charge is -2.21. The molecule has 0 saturated heterocycles. The van der Waals surface area contributed by atoms with E-state index in [4.69, 9.17) is 0 Å². The SMILES string of the molecule is CC(=O)N(CCc1ccc(-c2ccc(C(C)CNS(=O)(=O)C(C)C)cc2)cc1)c1ccccc1. The molecule has 0 aromatic heterocycles. The van der Waals surface area contributed by atoms with Crippen LogP contribution in [-0.2, 0) is 21.2 Å². The predicted molar refractivity (Wildman–Crippen MR) is 141 cm³/mol. The Labute approximate surface area is 203 Å². The van der Waals surface area contributed by atoms with E-state index < -0.39 is 15.3 Å². The number of carbonyl (C=O) groups excluding carboxylic acids is 1. The first-order valence-electron chi connectivity index (χ1n) is 11.7. The zero-order valence-corrected chi connectivity index (χ0v) is 21.2. The molecule has 0 spiro atoms. The van der Waals surface area contributed by atoms with Gasteiger partial charge in [0.05, 0.1) is 5.25 Å². The highest BCUT2D eigenvalue weighted by Crippen LogP contribution is 2.24. The highest BCUT2D eigenvalue weighted by molar-refractivity contribution is 7.90. The van der Waals surface area contributed by atoms with Gasteiger partial charge >= 0.3 is 0 Å². The number of hydrogen-bond acceptors (Lipinski definition) is 3. The fourth-order valence-corrected chi connectivity index (χ4v) is 4.53. The zero-order valence-electron chi connectivity index (χ0n) is 20.4. The van der Waals surface area contributed by atoms with Crippen LogP contribution in [0.25, 0.3) is 11.1 Å². The zero-order chi connectivity index (χ0) is 24.7. The fraction of sp³-hybridized carbons (Fsp3) is 0.321. The Morgan fingerprint density at radius 3 is 1.94 bits per heavy atom. The lowest BCUT2D eigenvalue weighted by Crippen LogP contribution is -2.33. The van der Waals surface area contributed by atoms with Gasteiger partial charge in [-0.2, -0.15) is 0 Å². The van der Waals surface area contributed by atoms with E-state index >= 15 is 0 Å². The minimum Gasteiger partial charge on any atom is -0.312 e. The molecule has 5 nitrogen and oxygen atoms in total. The van der Waals surface area contributed by atoms with Gasteiger partial charge in [-0.25, -0.2) is 13.1 Å². The lowest BCUT2D eigenvalue weighted by atomic mass is 9.97. The molecule has 3 aromatic carbocycles. The molecule has 0 saturated carbocycles. The van der Waals surface area contributed by atoms with Gasteiger partial charge in [0, 0.05) is 25.7 Å². The van der Waals surface area contributed by atoms with Crippen molar-refractivity contribution >= 4 is 21.6 Å². The molecule has 0 aliphatic rings. The van der Waals surface area contributed by atoms with Crippen LogP contribution in [0.2, 0.25) is 0 Å². The summed E-state index contributed by atoms with van der Waals surface area (Å²) in [7, 11) is -3.26. The van der Waals surface area contributed by atoms with Crippen molar-refractivity contribution in [3.63, 3.8) is 0 Å². The van der Waals surface area contributed by atoms with Gasteiger partial charge in [-0.1, -0.05) is 73.7 Å². The molecule has 0 heterocycles. The quantitative estimate of drug-likeness (QED) is 0.425. The maximum Gasteiger partial charge on any atom is 0.223 e. The van der Waals surface area contributed by atoms with E-state index in [-0.39, 0.29) is 11.8 Å². The number of carbonyl (C=O) groups is 1. The van der Waals surface area contributed by atoms with E-state index in [9.17, 15) is 13.2 Å². The lowest BCUT2D eigenvalue weighted by molar-refractivity contribution is -0.116. The molecule has 0 aliphatic carbocycles. The molecule has 1 atom stereocenters. The monoisotopic (exact) mass is 478 g/mol. The molecule has 1 unspecified atom stereocenters. The molecule has 0 bridgehead atoms. The summed E-state index contributed by atoms with van der Waals surface area (Å²) in [5.41, 5.74) is 5.42. The number of nitrogens with zero attached hydrogens (tertiary/aromatic N) is 1. The van der Waals surface area contributed by atoms with E-state index in [1.807, 2.05) is 37.3 Å². The second-order valence-corrected chi connectivity index (χ2v) is 11.2. The molecule has 1 N–H and O–H groups in total. The van der Waals surface area contributed by atoms with E-state index in [0.29, 0.717) is 13.1 Å². The molecular weight excluding hydrogens is 444 g/mol. The predicted octanol–water partition coefficient (Wildman–Crippen LogP) is 5.38. The molecule has 3 aromatic rings.